The van der Waals surface area contributed by atoms with Gasteiger partial charge in [0, 0.05) is 19.5 Å². The Bertz CT molecular complexity index is 253. The van der Waals surface area contributed by atoms with Crippen LogP contribution in [-0.2, 0) is 6.42 Å². The molecule has 0 spiro atoms. The highest BCUT2D eigenvalue weighted by Gasteiger charge is 2.03. The van der Waals surface area contributed by atoms with Crippen molar-refractivity contribution in [1.29, 1.82) is 0 Å². The average molecular weight is 198 g/mol. The zero-order valence-corrected chi connectivity index (χ0v) is 9.69. The lowest BCUT2D eigenvalue weighted by Gasteiger charge is -2.05. The molecule has 13 heavy (non-hydrogen) atoms. The first-order chi connectivity index (χ1) is 6.09. The molecule has 0 aliphatic rings. The zero-order chi connectivity index (χ0) is 9.84. The topological polar surface area (TPSA) is 16.1 Å². The van der Waals surface area contributed by atoms with E-state index in [1.807, 2.05) is 14.1 Å². The van der Waals surface area contributed by atoms with Crippen molar-refractivity contribution in [3.63, 3.8) is 0 Å². The fraction of sp³-hybridized carbons (Fsp3) is 0.700. The first-order valence-corrected chi connectivity index (χ1v) is 5.59. The molecular weight excluding hydrogens is 180 g/mol. The van der Waals surface area contributed by atoms with Gasteiger partial charge in [0.2, 0.25) is 0 Å². The van der Waals surface area contributed by atoms with E-state index in [1.165, 1.54) is 12.1 Å². The Morgan fingerprint density at radius 3 is 2.62 bits per heavy atom. The summed E-state index contributed by atoms with van der Waals surface area (Å²) in [7, 11) is 4.07. The van der Waals surface area contributed by atoms with E-state index >= 15 is 0 Å². The standard InChI is InChI=1S/C10H18N2S/c1-8(2)5-6-9-7-13-10(11-9)12(3)4/h7-8H,5-6H2,1-4H3. The molecule has 0 radical (unpaired) electrons. The van der Waals surface area contributed by atoms with Gasteiger partial charge in [0.1, 0.15) is 0 Å². The minimum absolute atomic E-state index is 0.768. The third-order valence-corrected chi connectivity index (χ3v) is 2.96. The summed E-state index contributed by atoms with van der Waals surface area (Å²) in [5, 5.41) is 3.27. The maximum atomic E-state index is 4.53. The Labute approximate surface area is 84.6 Å². The van der Waals surface area contributed by atoms with Gasteiger partial charge in [-0.15, -0.1) is 11.3 Å². The van der Waals surface area contributed by atoms with Gasteiger partial charge in [-0.2, -0.15) is 0 Å². The molecule has 0 aromatic carbocycles. The van der Waals surface area contributed by atoms with Crippen molar-refractivity contribution < 1.29 is 0 Å². The van der Waals surface area contributed by atoms with Gasteiger partial charge in [-0.25, -0.2) is 4.98 Å². The van der Waals surface area contributed by atoms with Crippen LogP contribution >= 0.6 is 11.3 Å². The Hall–Kier alpha value is -0.570. The summed E-state index contributed by atoms with van der Waals surface area (Å²) < 4.78 is 0. The molecule has 0 N–H and O–H groups in total. The summed E-state index contributed by atoms with van der Waals surface area (Å²) in [5.74, 6) is 0.768. The number of aryl methyl sites for hydroxylation is 1. The third kappa shape index (κ3) is 3.35. The van der Waals surface area contributed by atoms with Crippen molar-refractivity contribution in [2.75, 3.05) is 19.0 Å². The maximum absolute atomic E-state index is 4.53. The third-order valence-electron chi connectivity index (χ3n) is 1.90. The second-order valence-corrected chi connectivity index (χ2v) is 4.78. The van der Waals surface area contributed by atoms with Crippen LogP contribution in [0, 0.1) is 5.92 Å². The molecule has 0 unspecified atom stereocenters. The van der Waals surface area contributed by atoms with E-state index in [1.54, 1.807) is 11.3 Å². The van der Waals surface area contributed by atoms with Crippen molar-refractivity contribution in [2.24, 2.45) is 5.92 Å². The molecule has 74 valence electrons. The van der Waals surface area contributed by atoms with Crippen LogP contribution in [-0.4, -0.2) is 19.1 Å². The Balaban J connectivity index is 2.49. The molecule has 0 bridgehead atoms. The van der Waals surface area contributed by atoms with E-state index in [2.05, 4.69) is 29.1 Å². The van der Waals surface area contributed by atoms with Gasteiger partial charge >= 0.3 is 0 Å². The number of hydrogen-bond acceptors (Lipinski definition) is 3. The number of aromatic nitrogens is 1. The van der Waals surface area contributed by atoms with Crippen LogP contribution in [0.25, 0.3) is 0 Å². The summed E-state index contributed by atoms with van der Waals surface area (Å²) >= 11 is 1.72. The van der Waals surface area contributed by atoms with Gasteiger partial charge in [-0.05, 0) is 18.8 Å². The quantitative estimate of drug-likeness (QED) is 0.739. The molecule has 3 heteroatoms. The molecule has 1 aromatic rings. The lowest BCUT2D eigenvalue weighted by molar-refractivity contribution is 0.582. The number of rotatable bonds is 4. The summed E-state index contributed by atoms with van der Waals surface area (Å²) in [6.07, 6.45) is 2.35. The second kappa shape index (κ2) is 4.61. The van der Waals surface area contributed by atoms with E-state index < -0.39 is 0 Å². The van der Waals surface area contributed by atoms with Crippen LogP contribution in [0.3, 0.4) is 0 Å². The van der Waals surface area contributed by atoms with Gasteiger partial charge < -0.3 is 4.90 Å². The molecule has 0 atom stereocenters. The van der Waals surface area contributed by atoms with Crippen molar-refractivity contribution in [3.05, 3.63) is 11.1 Å². The fourth-order valence-electron chi connectivity index (χ4n) is 1.05. The van der Waals surface area contributed by atoms with E-state index in [9.17, 15) is 0 Å². The Morgan fingerprint density at radius 2 is 2.15 bits per heavy atom. The number of thiazole rings is 1. The highest BCUT2D eigenvalue weighted by atomic mass is 32.1. The van der Waals surface area contributed by atoms with Gasteiger partial charge in [-0.3, -0.25) is 0 Å². The van der Waals surface area contributed by atoms with E-state index in [-0.39, 0.29) is 0 Å². The first-order valence-electron chi connectivity index (χ1n) is 4.71. The van der Waals surface area contributed by atoms with E-state index in [0.717, 1.165) is 17.5 Å². The van der Waals surface area contributed by atoms with E-state index in [0.29, 0.717) is 0 Å². The highest BCUT2D eigenvalue weighted by Crippen LogP contribution is 2.19. The van der Waals surface area contributed by atoms with Crippen molar-refractivity contribution in [2.45, 2.75) is 26.7 Å². The normalized spacial score (nSPS) is 10.8. The number of hydrogen-bond donors (Lipinski definition) is 0. The summed E-state index contributed by atoms with van der Waals surface area (Å²) in [5.41, 5.74) is 1.24. The monoisotopic (exact) mass is 198 g/mol. The molecular formula is C10H18N2S. The maximum Gasteiger partial charge on any atom is 0.184 e. The van der Waals surface area contributed by atoms with Crippen LogP contribution in [0.1, 0.15) is 26.0 Å². The summed E-state index contributed by atoms with van der Waals surface area (Å²) in [6.45, 7) is 4.50. The molecule has 2 nitrogen and oxygen atoms in total. The molecule has 0 aliphatic heterocycles. The van der Waals surface area contributed by atoms with Crippen LogP contribution in [0.2, 0.25) is 0 Å². The second-order valence-electron chi connectivity index (χ2n) is 3.95. The molecule has 0 fully saturated rings. The van der Waals surface area contributed by atoms with Crippen molar-refractivity contribution in [1.82, 2.24) is 4.98 Å². The average Bonchev–Trinajstić information content (AvgIpc) is 2.48. The minimum atomic E-state index is 0.768. The van der Waals surface area contributed by atoms with Crippen LogP contribution < -0.4 is 4.90 Å². The first kappa shape index (κ1) is 10.5. The molecule has 0 saturated heterocycles. The van der Waals surface area contributed by atoms with Gasteiger partial charge in [-0.1, -0.05) is 13.8 Å². The Kier molecular flexibility index (Phi) is 3.72. The van der Waals surface area contributed by atoms with Gasteiger partial charge in [0.25, 0.3) is 0 Å². The fourth-order valence-corrected chi connectivity index (χ4v) is 1.85. The van der Waals surface area contributed by atoms with Crippen molar-refractivity contribution in [3.8, 4) is 0 Å². The van der Waals surface area contributed by atoms with Crippen molar-refractivity contribution >= 4 is 16.5 Å². The predicted octanol–water partition coefficient (Wildman–Crippen LogP) is 2.80. The lowest BCUT2D eigenvalue weighted by atomic mass is 10.1. The predicted molar refractivity (Wildman–Crippen MR) is 59.6 cm³/mol. The SMILES string of the molecule is CC(C)CCc1csc(N(C)C)n1. The lowest BCUT2D eigenvalue weighted by Crippen LogP contribution is -2.08. The summed E-state index contributed by atoms with van der Waals surface area (Å²) in [6, 6.07) is 0. The molecule has 0 aliphatic carbocycles. The van der Waals surface area contributed by atoms with E-state index in [4.69, 9.17) is 0 Å². The zero-order valence-electron chi connectivity index (χ0n) is 8.87. The highest BCUT2D eigenvalue weighted by molar-refractivity contribution is 7.13. The molecule has 1 heterocycles. The molecule has 1 rings (SSSR count). The minimum Gasteiger partial charge on any atom is -0.354 e. The summed E-state index contributed by atoms with van der Waals surface area (Å²) in [4.78, 5) is 6.59. The number of nitrogens with zero attached hydrogens (tertiary/aromatic N) is 2. The van der Waals surface area contributed by atoms with Crippen LogP contribution in [0.5, 0.6) is 0 Å². The van der Waals surface area contributed by atoms with Gasteiger partial charge in [0.05, 0.1) is 5.69 Å². The number of anilines is 1. The Morgan fingerprint density at radius 1 is 1.46 bits per heavy atom. The molecule has 1 aromatic heterocycles. The molecule has 0 saturated carbocycles. The molecule has 0 amide bonds. The van der Waals surface area contributed by atoms with Crippen LogP contribution in [0.4, 0.5) is 5.13 Å². The smallest absolute Gasteiger partial charge is 0.184 e. The van der Waals surface area contributed by atoms with Gasteiger partial charge in [0.15, 0.2) is 5.13 Å². The van der Waals surface area contributed by atoms with Crippen LogP contribution in [0.15, 0.2) is 5.38 Å². The largest absolute Gasteiger partial charge is 0.354 e.